The van der Waals surface area contributed by atoms with Crippen molar-refractivity contribution in [2.45, 2.75) is 13.1 Å². The van der Waals surface area contributed by atoms with E-state index in [0.717, 1.165) is 13.1 Å². The maximum Gasteiger partial charge on any atom is 0.336 e. The van der Waals surface area contributed by atoms with Gasteiger partial charge in [0.15, 0.2) is 0 Å². The summed E-state index contributed by atoms with van der Waals surface area (Å²) in [7, 11) is 0. The van der Waals surface area contributed by atoms with E-state index in [1.807, 2.05) is 37.4 Å². The highest BCUT2D eigenvalue weighted by atomic mass is 16.4. The summed E-state index contributed by atoms with van der Waals surface area (Å²) in [5.41, 5.74) is 2.78. The molecule has 0 aliphatic heterocycles. The number of hydrogen-bond donors (Lipinski definition) is 4. The lowest BCUT2D eigenvalue weighted by Crippen LogP contribution is -2.31. The number of carboxylic acid groups (broad SMARTS) is 4. The van der Waals surface area contributed by atoms with Gasteiger partial charge in [0.05, 0.1) is 23.1 Å². The van der Waals surface area contributed by atoms with Crippen LogP contribution in [0.1, 0.15) is 52.6 Å². The fourth-order valence-corrected chi connectivity index (χ4v) is 5.34. The fourth-order valence-electron chi connectivity index (χ4n) is 5.34. The van der Waals surface area contributed by atoms with Crippen LogP contribution in [0.2, 0.25) is 0 Å². The second-order valence-corrected chi connectivity index (χ2v) is 11.0. The van der Waals surface area contributed by atoms with Crippen molar-refractivity contribution in [1.82, 2.24) is 9.97 Å². The first-order valence-corrected chi connectivity index (χ1v) is 15.2. The zero-order chi connectivity index (χ0) is 35.6. The molecule has 16 N–H and O–H groups in total. The van der Waals surface area contributed by atoms with Crippen molar-refractivity contribution in [1.29, 1.82) is 0 Å². The van der Waals surface area contributed by atoms with Crippen LogP contribution in [0.5, 0.6) is 0 Å². The largest absolute Gasteiger partial charge is 0.545 e. The number of nitrogens with zero attached hydrogens (tertiary/aromatic N) is 2. The summed E-state index contributed by atoms with van der Waals surface area (Å²) in [5.74, 6) is -4.79. The van der Waals surface area contributed by atoms with Crippen molar-refractivity contribution >= 4 is 45.4 Å². The molecule has 0 bridgehead atoms. The smallest absolute Gasteiger partial charge is 0.336 e. The third-order valence-corrected chi connectivity index (χ3v) is 7.71. The highest BCUT2D eigenvalue weighted by Crippen LogP contribution is 2.23. The summed E-state index contributed by atoms with van der Waals surface area (Å²) in [4.78, 5) is 49.6. The van der Waals surface area contributed by atoms with Gasteiger partial charge in [0.2, 0.25) is 12.7 Å². The fraction of sp³-hybridized carbons (Fsp3) is 0.0526. The number of carbonyl (C=O) groups is 4. The minimum absolute atomic E-state index is 0. The lowest BCUT2D eigenvalue weighted by atomic mass is 10.00. The second kappa shape index (κ2) is 23.4. The summed E-state index contributed by atoms with van der Waals surface area (Å²) in [6.07, 6.45) is 11.8. The van der Waals surface area contributed by atoms with Gasteiger partial charge in [-0.25, -0.2) is 18.7 Å². The molecule has 7 aromatic rings. The first-order chi connectivity index (χ1) is 24.1. The molecule has 2 aromatic heterocycles. The molecule has 18 heteroatoms. The SMILES string of the molecule is O.O.O.O.O.O.O=C([O-])c1ccc(C(=O)O)c2ccccc12.O=C([O-])c1ccc(C(=O)O)c2ccccc12.c1c[n+](Cc2ccc(C[n+]3cc[nH]c3)cc2)c[nH]1. The number of fused-ring (bicyclic) bond motifs is 2. The molecule has 0 saturated heterocycles. The van der Waals surface area contributed by atoms with Gasteiger partial charge in [0.1, 0.15) is 37.9 Å². The summed E-state index contributed by atoms with van der Waals surface area (Å²) >= 11 is 0. The second-order valence-electron chi connectivity index (χ2n) is 11.0. The van der Waals surface area contributed by atoms with E-state index in [1.165, 1.54) is 35.4 Å². The molecule has 0 aliphatic rings. The number of imidazole rings is 2. The Kier molecular flexibility index (Phi) is 21.2. The number of H-pyrrole nitrogens is 2. The van der Waals surface area contributed by atoms with E-state index in [4.69, 9.17) is 10.2 Å². The molecule has 0 aliphatic carbocycles. The van der Waals surface area contributed by atoms with Crippen molar-refractivity contribution in [2.75, 3.05) is 0 Å². The van der Waals surface area contributed by atoms with Crippen LogP contribution in [0.3, 0.4) is 0 Å². The summed E-state index contributed by atoms with van der Waals surface area (Å²) in [6, 6.07) is 26.7. The molecule has 0 fully saturated rings. The third kappa shape index (κ3) is 12.4. The zero-order valence-corrected chi connectivity index (χ0v) is 29.4. The molecule has 298 valence electrons. The van der Waals surface area contributed by atoms with E-state index < -0.39 is 23.9 Å². The number of nitrogens with one attached hydrogen (secondary N) is 2. The Morgan fingerprint density at radius 1 is 0.464 bits per heavy atom. The Balaban J connectivity index is 0. The molecule has 0 saturated carbocycles. The van der Waals surface area contributed by atoms with E-state index in [1.54, 1.807) is 48.5 Å². The van der Waals surface area contributed by atoms with E-state index in [2.05, 4.69) is 43.4 Å². The van der Waals surface area contributed by atoms with Gasteiger partial charge in [-0.05, 0) is 44.8 Å². The molecule has 5 aromatic carbocycles. The quantitative estimate of drug-likeness (QED) is 0.123. The Bertz CT molecular complexity index is 2030. The third-order valence-electron chi connectivity index (χ3n) is 7.71. The van der Waals surface area contributed by atoms with Crippen molar-refractivity contribution in [3.05, 3.63) is 168 Å². The number of aromatic carboxylic acids is 4. The van der Waals surface area contributed by atoms with Crippen LogP contribution in [-0.2, 0) is 13.1 Å². The highest BCUT2D eigenvalue weighted by Gasteiger charge is 2.12. The summed E-state index contributed by atoms with van der Waals surface area (Å²) < 4.78 is 4.24. The number of carbonyl (C=O) groups excluding carboxylic acids is 2. The van der Waals surface area contributed by atoms with Crippen molar-refractivity contribution < 1.29 is 81.6 Å². The summed E-state index contributed by atoms with van der Waals surface area (Å²) in [6.45, 7) is 1.81. The van der Waals surface area contributed by atoms with Crippen molar-refractivity contribution in [3.8, 4) is 0 Å². The average Bonchev–Trinajstić information content (AvgIpc) is 3.83. The van der Waals surface area contributed by atoms with Crippen molar-refractivity contribution in [3.63, 3.8) is 0 Å². The molecular weight excluding hydrogens is 736 g/mol. The Morgan fingerprint density at radius 3 is 1.00 bits per heavy atom. The van der Waals surface area contributed by atoms with Crippen LogP contribution in [0.25, 0.3) is 21.5 Å². The Labute approximate surface area is 317 Å². The van der Waals surface area contributed by atoms with Crippen LogP contribution in [0.15, 0.2) is 135 Å². The first kappa shape index (κ1) is 50.8. The minimum atomic E-state index is -1.31. The maximum absolute atomic E-state index is 10.9. The van der Waals surface area contributed by atoms with Gasteiger partial charge in [-0.15, -0.1) is 0 Å². The van der Waals surface area contributed by atoms with Gasteiger partial charge in [-0.3, -0.25) is 9.97 Å². The first-order valence-electron chi connectivity index (χ1n) is 15.2. The monoisotopic (exact) mass is 778 g/mol. The van der Waals surface area contributed by atoms with E-state index in [-0.39, 0.29) is 55.1 Å². The molecule has 56 heavy (non-hydrogen) atoms. The minimum Gasteiger partial charge on any atom is -0.545 e. The molecule has 18 nitrogen and oxygen atoms in total. The predicted molar refractivity (Wildman–Crippen MR) is 199 cm³/mol. The molecule has 0 atom stereocenters. The van der Waals surface area contributed by atoms with Gasteiger partial charge in [0, 0.05) is 11.1 Å². The Hall–Kier alpha value is -7.32. The van der Waals surface area contributed by atoms with Crippen LogP contribution in [-0.4, -0.2) is 76.9 Å². The normalized spacial score (nSPS) is 9.29. The molecule has 0 amide bonds. The van der Waals surface area contributed by atoms with Gasteiger partial charge in [-0.2, -0.15) is 0 Å². The average molecular weight is 779 g/mol. The molecular formula is C38H42N4O14. The lowest BCUT2D eigenvalue weighted by Gasteiger charge is -2.09. The van der Waals surface area contributed by atoms with Crippen LogP contribution in [0, 0.1) is 0 Å². The van der Waals surface area contributed by atoms with Gasteiger partial charge < -0.3 is 62.9 Å². The molecule has 0 radical (unpaired) electrons. The zero-order valence-electron chi connectivity index (χ0n) is 29.4. The topological polar surface area (TPSA) is 383 Å². The van der Waals surface area contributed by atoms with Gasteiger partial charge >= 0.3 is 11.9 Å². The summed E-state index contributed by atoms with van der Waals surface area (Å²) in [5, 5.41) is 41.1. The number of aromatic nitrogens is 4. The van der Waals surface area contributed by atoms with Crippen LogP contribution in [0.4, 0.5) is 0 Å². The number of aromatic amines is 2. The molecule has 0 spiro atoms. The number of hydrogen-bond acceptors (Lipinski definition) is 6. The molecule has 0 unspecified atom stereocenters. The van der Waals surface area contributed by atoms with E-state index >= 15 is 0 Å². The number of benzene rings is 5. The predicted octanol–water partition coefficient (Wildman–Crippen LogP) is -2.13. The van der Waals surface area contributed by atoms with Crippen LogP contribution >= 0.6 is 0 Å². The van der Waals surface area contributed by atoms with Gasteiger partial charge in [-0.1, -0.05) is 84.9 Å². The number of carboxylic acids is 4. The standard InChI is InChI=1S/C14H14N4.2C12H8O4.6H2O/c1-2-14(10-18-8-6-16-12-18)4-3-13(1)9-17-7-5-15-11-17;2*13-11(14)9-5-6-10(12(15)16)8-4-2-1-3-7(8)9;;;;;;/h1-8,11-12H,9-10H2;2*1-6H,(H,13,14)(H,15,16);6*1H2. The lowest BCUT2D eigenvalue weighted by molar-refractivity contribution is -0.687. The van der Waals surface area contributed by atoms with Crippen LogP contribution < -0.4 is 19.3 Å². The maximum atomic E-state index is 10.9. The van der Waals surface area contributed by atoms with E-state index in [9.17, 15) is 29.4 Å². The Morgan fingerprint density at radius 2 is 0.750 bits per heavy atom. The molecule has 2 heterocycles. The van der Waals surface area contributed by atoms with Crippen molar-refractivity contribution in [2.24, 2.45) is 0 Å². The highest BCUT2D eigenvalue weighted by molar-refractivity contribution is 6.11. The van der Waals surface area contributed by atoms with Gasteiger partial charge in [0.25, 0.3) is 0 Å². The molecule has 7 rings (SSSR count). The van der Waals surface area contributed by atoms with E-state index in [0.29, 0.717) is 21.5 Å². The number of rotatable bonds is 8.